The molecule has 0 bridgehead atoms. The van der Waals surface area contributed by atoms with E-state index in [2.05, 4.69) is 17.6 Å². The number of hydrogen-bond donors (Lipinski definition) is 2. The van der Waals surface area contributed by atoms with Crippen LogP contribution < -0.4 is 10.6 Å². The smallest absolute Gasteiger partial charge is 0.239 e. The Morgan fingerprint density at radius 3 is 2.72 bits per heavy atom. The summed E-state index contributed by atoms with van der Waals surface area (Å²) in [5.74, 6) is 0.476. The first-order valence-electron chi connectivity index (χ1n) is 6.80. The number of nitrogens with one attached hydrogen (secondary N) is 2. The molecular weight excluding hydrogens is 230 g/mol. The van der Waals surface area contributed by atoms with Gasteiger partial charge in [0, 0.05) is 26.1 Å². The third-order valence-electron chi connectivity index (χ3n) is 3.67. The van der Waals surface area contributed by atoms with Gasteiger partial charge in [0.1, 0.15) is 0 Å². The molecule has 0 radical (unpaired) electrons. The van der Waals surface area contributed by atoms with E-state index in [-0.39, 0.29) is 24.4 Å². The Morgan fingerprint density at radius 2 is 2.17 bits per heavy atom. The molecule has 0 saturated carbocycles. The molecule has 1 rings (SSSR count). The van der Waals surface area contributed by atoms with Gasteiger partial charge in [-0.2, -0.15) is 0 Å². The van der Waals surface area contributed by atoms with E-state index in [4.69, 9.17) is 0 Å². The van der Waals surface area contributed by atoms with Crippen molar-refractivity contribution in [1.82, 2.24) is 15.5 Å². The molecule has 1 aliphatic heterocycles. The Balaban J connectivity index is 2.48. The molecule has 1 saturated heterocycles. The summed E-state index contributed by atoms with van der Waals surface area (Å²) >= 11 is 0. The average molecular weight is 255 g/mol. The van der Waals surface area contributed by atoms with E-state index in [1.165, 1.54) is 12.8 Å². The van der Waals surface area contributed by atoms with Gasteiger partial charge >= 0.3 is 0 Å². The van der Waals surface area contributed by atoms with Gasteiger partial charge in [0.05, 0.1) is 6.54 Å². The minimum absolute atomic E-state index is 0.0624. The maximum absolute atomic E-state index is 12.1. The molecule has 2 atom stereocenters. The number of amides is 2. The highest BCUT2D eigenvalue weighted by molar-refractivity contribution is 5.84. The van der Waals surface area contributed by atoms with Crippen molar-refractivity contribution in [2.75, 3.05) is 26.7 Å². The van der Waals surface area contributed by atoms with Gasteiger partial charge < -0.3 is 15.5 Å². The first-order valence-corrected chi connectivity index (χ1v) is 6.80. The zero-order valence-corrected chi connectivity index (χ0v) is 11.7. The standard InChI is InChI=1S/C13H25N3O2/c1-4-16(9-12(17)14-3)13(18)8-11-10(2)6-5-7-15-11/h10-11,15H,4-9H2,1-3H3,(H,14,17). The van der Waals surface area contributed by atoms with E-state index >= 15 is 0 Å². The molecule has 1 fully saturated rings. The molecule has 1 aliphatic rings. The molecule has 104 valence electrons. The molecule has 2 unspecified atom stereocenters. The normalized spacial score (nSPS) is 23.5. The zero-order valence-electron chi connectivity index (χ0n) is 11.7. The van der Waals surface area contributed by atoms with E-state index in [0.717, 1.165) is 6.54 Å². The van der Waals surface area contributed by atoms with Crippen molar-refractivity contribution >= 4 is 11.8 Å². The van der Waals surface area contributed by atoms with Crippen molar-refractivity contribution in [2.45, 2.75) is 39.2 Å². The molecular formula is C13H25N3O2. The maximum Gasteiger partial charge on any atom is 0.239 e. The highest BCUT2D eigenvalue weighted by Crippen LogP contribution is 2.18. The Hall–Kier alpha value is -1.10. The number of rotatable bonds is 5. The van der Waals surface area contributed by atoms with Crippen LogP contribution >= 0.6 is 0 Å². The molecule has 5 heteroatoms. The summed E-state index contributed by atoms with van der Waals surface area (Å²) in [6, 6.07) is 0.255. The second-order valence-corrected chi connectivity index (χ2v) is 4.97. The SMILES string of the molecule is CCN(CC(=O)NC)C(=O)CC1NCCCC1C. The number of likely N-dealkylation sites (N-methyl/N-ethyl adjacent to an activating group) is 2. The maximum atomic E-state index is 12.1. The number of piperidine rings is 1. The minimum Gasteiger partial charge on any atom is -0.358 e. The van der Waals surface area contributed by atoms with Gasteiger partial charge in [0.2, 0.25) is 11.8 Å². The predicted octanol–water partition coefficient (Wildman–Crippen LogP) is 0.359. The van der Waals surface area contributed by atoms with Crippen LogP contribution in [0.1, 0.15) is 33.1 Å². The summed E-state index contributed by atoms with van der Waals surface area (Å²) in [6.45, 7) is 5.81. The number of hydrogen-bond acceptors (Lipinski definition) is 3. The average Bonchev–Trinajstić information content (AvgIpc) is 2.38. The third kappa shape index (κ3) is 4.29. The summed E-state index contributed by atoms with van der Waals surface area (Å²) in [6.07, 6.45) is 2.85. The van der Waals surface area contributed by atoms with Crippen LogP contribution in [-0.2, 0) is 9.59 Å². The van der Waals surface area contributed by atoms with Crippen LogP contribution in [0.3, 0.4) is 0 Å². The molecule has 0 aromatic rings. The van der Waals surface area contributed by atoms with Crippen LogP contribution in [0.25, 0.3) is 0 Å². The number of carbonyl (C=O) groups excluding carboxylic acids is 2. The lowest BCUT2D eigenvalue weighted by molar-refractivity contribution is -0.136. The fraction of sp³-hybridized carbons (Fsp3) is 0.846. The predicted molar refractivity (Wildman–Crippen MR) is 71.1 cm³/mol. The minimum atomic E-state index is -0.116. The second-order valence-electron chi connectivity index (χ2n) is 4.97. The van der Waals surface area contributed by atoms with Gasteiger partial charge in [0.15, 0.2) is 0 Å². The Morgan fingerprint density at radius 1 is 1.44 bits per heavy atom. The first-order chi connectivity index (χ1) is 8.58. The Kier molecular flexibility index (Phi) is 6.12. The summed E-state index contributed by atoms with van der Waals surface area (Å²) in [4.78, 5) is 25.1. The van der Waals surface area contributed by atoms with E-state index in [9.17, 15) is 9.59 Å². The quantitative estimate of drug-likeness (QED) is 0.745. The summed E-state index contributed by atoms with van der Waals surface area (Å²) in [5, 5.41) is 5.95. The van der Waals surface area contributed by atoms with Crippen LogP contribution in [-0.4, -0.2) is 49.4 Å². The fourth-order valence-corrected chi connectivity index (χ4v) is 2.33. The first kappa shape index (κ1) is 15.0. The van der Waals surface area contributed by atoms with Crippen molar-refractivity contribution in [3.05, 3.63) is 0 Å². The van der Waals surface area contributed by atoms with Crippen molar-refractivity contribution < 1.29 is 9.59 Å². The van der Waals surface area contributed by atoms with Crippen molar-refractivity contribution in [2.24, 2.45) is 5.92 Å². The molecule has 0 spiro atoms. The zero-order chi connectivity index (χ0) is 13.5. The highest BCUT2D eigenvalue weighted by atomic mass is 16.2. The highest BCUT2D eigenvalue weighted by Gasteiger charge is 2.25. The third-order valence-corrected chi connectivity index (χ3v) is 3.67. The van der Waals surface area contributed by atoms with E-state index in [1.807, 2.05) is 6.92 Å². The lowest BCUT2D eigenvalue weighted by atomic mass is 9.90. The number of nitrogens with zero attached hydrogens (tertiary/aromatic N) is 1. The molecule has 0 aromatic carbocycles. The molecule has 1 heterocycles. The molecule has 0 aliphatic carbocycles. The van der Waals surface area contributed by atoms with Gasteiger partial charge in [-0.15, -0.1) is 0 Å². The van der Waals surface area contributed by atoms with Gasteiger partial charge in [0.25, 0.3) is 0 Å². The molecule has 18 heavy (non-hydrogen) atoms. The van der Waals surface area contributed by atoms with Crippen molar-refractivity contribution in [1.29, 1.82) is 0 Å². The molecule has 2 N–H and O–H groups in total. The monoisotopic (exact) mass is 255 g/mol. The fourth-order valence-electron chi connectivity index (χ4n) is 2.33. The second kappa shape index (κ2) is 7.36. The van der Waals surface area contributed by atoms with E-state index < -0.39 is 0 Å². The summed E-state index contributed by atoms with van der Waals surface area (Å²) in [5.41, 5.74) is 0. The Bertz CT molecular complexity index is 294. The van der Waals surface area contributed by atoms with Crippen LogP contribution in [0, 0.1) is 5.92 Å². The molecule has 0 aromatic heterocycles. The largest absolute Gasteiger partial charge is 0.358 e. The van der Waals surface area contributed by atoms with Crippen LogP contribution in [0.15, 0.2) is 0 Å². The van der Waals surface area contributed by atoms with Gasteiger partial charge in [-0.3, -0.25) is 9.59 Å². The summed E-state index contributed by atoms with van der Waals surface area (Å²) < 4.78 is 0. The lowest BCUT2D eigenvalue weighted by Crippen LogP contribution is -2.46. The van der Waals surface area contributed by atoms with Crippen LogP contribution in [0.4, 0.5) is 0 Å². The summed E-state index contributed by atoms with van der Waals surface area (Å²) in [7, 11) is 1.59. The van der Waals surface area contributed by atoms with Gasteiger partial charge in [-0.1, -0.05) is 6.92 Å². The van der Waals surface area contributed by atoms with Gasteiger partial charge in [-0.05, 0) is 32.2 Å². The van der Waals surface area contributed by atoms with Crippen molar-refractivity contribution in [3.63, 3.8) is 0 Å². The molecule has 2 amide bonds. The lowest BCUT2D eigenvalue weighted by Gasteiger charge is -2.31. The Labute approximate surface area is 109 Å². The topological polar surface area (TPSA) is 61.4 Å². The number of carbonyl (C=O) groups is 2. The van der Waals surface area contributed by atoms with E-state index in [1.54, 1.807) is 11.9 Å². The van der Waals surface area contributed by atoms with Gasteiger partial charge in [-0.25, -0.2) is 0 Å². The van der Waals surface area contributed by atoms with Crippen LogP contribution in [0.2, 0.25) is 0 Å². The molecule has 5 nitrogen and oxygen atoms in total. The van der Waals surface area contributed by atoms with E-state index in [0.29, 0.717) is 18.9 Å². The van der Waals surface area contributed by atoms with Crippen molar-refractivity contribution in [3.8, 4) is 0 Å². The van der Waals surface area contributed by atoms with Crippen LogP contribution in [0.5, 0.6) is 0 Å².